The number of carbonyl (C=O) groups excluding carboxylic acids is 1. The van der Waals surface area contributed by atoms with Crippen molar-refractivity contribution in [3.8, 4) is 0 Å². The third kappa shape index (κ3) is 3.53. The molecule has 3 rings (SSSR count). The molecule has 5 heteroatoms. The minimum Gasteiger partial charge on any atom is -0.388 e. The lowest BCUT2D eigenvalue weighted by atomic mass is 10.1. The molecule has 1 atom stereocenters. The van der Waals surface area contributed by atoms with Gasteiger partial charge in [-0.3, -0.25) is 9.59 Å². The van der Waals surface area contributed by atoms with Gasteiger partial charge in [0.05, 0.1) is 11.6 Å². The summed E-state index contributed by atoms with van der Waals surface area (Å²) in [6.45, 7) is 0.352. The zero-order valence-corrected chi connectivity index (χ0v) is 14.9. The first-order chi connectivity index (χ1) is 12.5. The van der Waals surface area contributed by atoms with Crippen molar-refractivity contribution >= 4 is 16.8 Å². The SMILES string of the molecule is CN(CC[C@@H](O)c1ccccc1)C(=O)c1cn(C)c2ccccc2c1=O. The maximum absolute atomic E-state index is 12.7. The molecule has 0 aliphatic rings. The first kappa shape index (κ1) is 17.9. The smallest absolute Gasteiger partial charge is 0.259 e. The average Bonchev–Trinajstić information content (AvgIpc) is 2.68. The number of para-hydroxylation sites is 1. The number of hydrogen-bond donors (Lipinski definition) is 1. The number of aliphatic hydroxyl groups excluding tert-OH is 1. The van der Waals surface area contributed by atoms with Crippen molar-refractivity contribution < 1.29 is 9.90 Å². The molecule has 0 fully saturated rings. The molecule has 0 aliphatic heterocycles. The normalized spacial score (nSPS) is 12.1. The molecule has 5 nitrogen and oxygen atoms in total. The standard InChI is InChI=1S/C21H22N2O3/c1-22(13-12-19(24)15-8-4-3-5-9-15)21(26)17-14-23(2)18-11-7-6-10-16(18)20(17)25/h3-11,14,19,24H,12-13H2,1-2H3/t19-/m1/s1. The van der Waals surface area contributed by atoms with E-state index in [9.17, 15) is 14.7 Å². The number of fused-ring (bicyclic) bond motifs is 1. The Labute approximate surface area is 152 Å². The fourth-order valence-corrected chi connectivity index (χ4v) is 3.06. The van der Waals surface area contributed by atoms with Gasteiger partial charge in [0.2, 0.25) is 5.43 Å². The highest BCUT2D eigenvalue weighted by molar-refractivity contribution is 5.97. The summed E-state index contributed by atoms with van der Waals surface area (Å²) in [6, 6.07) is 16.6. The van der Waals surface area contributed by atoms with Crippen molar-refractivity contribution in [2.24, 2.45) is 7.05 Å². The van der Waals surface area contributed by atoms with Crippen LogP contribution in [0.5, 0.6) is 0 Å². The number of aryl methyl sites for hydroxylation is 1. The summed E-state index contributed by atoms with van der Waals surface area (Å²) >= 11 is 0. The quantitative estimate of drug-likeness (QED) is 0.770. The fraction of sp³-hybridized carbons (Fsp3) is 0.238. The number of aromatic nitrogens is 1. The summed E-state index contributed by atoms with van der Waals surface area (Å²) in [5.74, 6) is -0.336. The Kier molecular flexibility index (Phi) is 5.19. The summed E-state index contributed by atoms with van der Waals surface area (Å²) in [5.41, 5.74) is 1.48. The van der Waals surface area contributed by atoms with Crippen LogP contribution < -0.4 is 5.43 Å². The summed E-state index contributed by atoms with van der Waals surface area (Å²) in [4.78, 5) is 26.9. The van der Waals surface area contributed by atoms with E-state index in [4.69, 9.17) is 0 Å². The van der Waals surface area contributed by atoms with E-state index >= 15 is 0 Å². The van der Waals surface area contributed by atoms with Gasteiger partial charge < -0.3 is 14.6 Å². The molecule has 1 N–H and O–H groups in total. The van der Waals surface area contributed by atoms with Crippen LogP contribution in [-0.4, -0.2) is 34.1 Å². The van der Waals surface area contributed by atoms with Crippen LogP contribution in [0.1, 0.15) is 28.4 Å². The predicted molar refractivity (Wildman–Crippen MR) is 102 cm³/mol. The van der Waals surface area contributed by atoms with Gasteiger partial charge in [0, 0.05) is 32.2 Å². The molecule has 2 aromatic carbocycles. The maximum Gasteiger partial charge on any atom is 0.259 e. The number of benzene rings is 2. The van der Waals surface area contributed by atoms with Crippen molar-refractivity contribution in [2.45, 2.75) is 12.5 Å². The highest BCUT2D eigenvalue weighted by Crippen LogP contribution is 2.17. The molecule has 26 heavy (non-hydrogen) atoms. The molecule has 1 amide bonds. The summed E-state index contributed by atoms with van der Waals surface area (Å²) < 4.78 is 1.79. The van der Waals surface area contributed by atoms with Gasteiger partial charge in [0.1, 0.15) is 5.56 Å². The number of hydrogen-bond acceptors (Lipinski definition) is 3. The third-order valence-corrected chi connectivity index (χ3v) is 4.60. The van der Waals surface area contributed by atoms with Crippen LogP contribution in [0.2, 0.25) is 0 Å². The summed E-state index contributed by atoms with van der Waals surface area (Å²) in [5, 5.41) is 10.8. The third-order valence-electron chi connectivity index (χ3n) is 4.60. The molecule has 0 aliphatic carbocycles. The van der Waals surface area contributed by atoms with E-state index < -0.39 is 6.10 Å². The van der Waals surface area contributed by atoms with Gasteiger partial charge in [-0.05, 0) is 24.1 Å². The van der Waals surface area contributed by atoms with E-state index in [1.807, 2.05) is 49.5 Å². The largest absolute Gasteiger partial charge is 0.388 e. The predicted octanol–water partition coefficient (Wildman–Crippen LogP) is 2.73. The molecular weight excluding hydrogens is 328 g/mol. The summed E-state index contributed by atoms with van der Waals surface area (Å²) in [7, 11) is 3.46. The highest BCUT2D eigenvalue weighted by atomic mass is 16.3. The van der Waals surface area contributed by atoms with E-state index in [0.29, 0.717) is 18.4 Å². The Bertz CT molecular complexity index is 979. The number of carbonyl (C=O) groups is 1. The Hall–Kier alpha value is -2.92. The number of aliphatic hydroxyl groups is 1. The van der Waals surface area contributed by atoms with Crippen LogP contribution in [0.25, 0.3) is 10.9 Å². The van der Waals surface area contributed by atoms with E-state index in [1.54, 1.807) is 29.9 Å². The fourth-order valence-electron chi connectivity index (χ4n) is 3.06. The lowest BCUT2D eigenvalue weighted by molar-refractivity contribution is 0.0759. The molecule has 3 aromatic rings. The van der Waals surface area contributed by atoms with Crippen molar-refractivity contribution in [1.82, 2.24) is 9.47 Å². The molecule has 0 spiro atoms. The molecule has 0 radical (unpaired) electrons. The minimum absolute atomic E-state index is 0.142. The lowest BCUT2D eigenvalue weighted by Gasteiger charge is -2.20. The van der Waals surface area contributed by atoms with Gasteiger partial charge in [-0.15, -0.1) is 0 Å². The van der Waals surface area contributed by atoms with E-state index in [0.717, 1.165) is 11.1 Å². The van der Waals surface area contributed by atoms with Gasteiger partial charge in [-0.2, -0.15) is 0 Å². The van der Waals surface area contributed by atoms with E-state index in [-0.39, 0.29) is 16.9 Å². The van der Waals surface area contributed by atoms with E-state index in [2.05, 4.69) is 0 Å². The molecule has 0 unspecified atom stereocenters. The first-order valence-corrected chi connectivity index (χ1v) is 8.56. The second-order valence-electron chi connectivity index (χ2n) is 6.44. The number of rotatable bonds is 5. The molecule has 0 saturated carbocycles. The van der Waals surface area contributed by atoms with Crippen LogP contribution in [0.3, 0.4) is 0 Å². The van der Waals surface area contributed by atoms with E-state index in [1.165, 1.54) is 4.90 Å². The Balaban J connectivity index is 1.78. The monoisotopic (exact) mass is 350 g/mol. The first-order valence-electron chi connectivity index (χ1n) is 8.56. The minimum atomic E-state index is -0.647. The van der Waals surface area contributed by atoms with Gasteiger partial charge >= 0.3 is 0 Å². The van der Waals surface area contributed by atoms with Crippen molar-refractivity contribution in [2.75, 3.05) is 13.6 Å². The van der Waals surface area contributed by atoms with Gasteiger partial charge in [-0.1, -0.05) is 42.5 Å². The molecule has 0 bridgehead atoms. The van der Waals surface area contributed by atoms with Crippen LogP contribution in [0.4, 0.5) is 0 Å². The van der Waals surface area contributed by atoms with Gasteiger partial charge in [0.25, 0.3) is 5.91 Å². The Morgan fingerprint density at radius 1 is 1.12 bits per heavy atom. The Morgan fingerprint density at radius 2 is 1.77 bits per heavy atom. The zero-order valence-electron chi connectivity index (χ0n) is 14.9. The lowest BCUT2D eigenvalue weighted by Crippen LogP contribution is -2.33. The molecule has 0 saturated heterocycles. The average molecular weight is 350 g/mol. The molecule has 134 valence electrons. The van der Waals surface area contributed by atoms with Gasteiger partial charge in [0.15, 0.2) is 0 Å². The maximum atomic E-state index is 12.7. The topological polar surface area (TPSA) is 62.5 Å². The van der Waals surface area contributed by atoms with Crippen molar-refractivity contribution in [3.63, 3.8) is 0 Å². The number of amides is 1. The van der Waals surface area contributed by atoms with Crippen LogP contribution in [0, 0.1) is 0 Å². The van der Waals surface area contributed by atoms with Crippen molar-refractivity contribution in [3.05, 3.63) is 82.1 Å². The molecule has 1 heterocycles. The van der Waals surface area contributed by atoms with Crippen LogP contribution >= 0.6 is 0 Å². The zero-order chi connectivity index (χ0) is 18.7. The second kappa shape index (κ2) is 7.54. The highest BCUT2D eigenvalue weighted by Gasteiger charge is 2.19. The summed E-state index contributed by atoms with van der Waals surface area (Å²) in [6.07, 6.45) is 1.34. The second-order valence-corrected chi connectivity index (χ2v) is 6.44. The number of pyridine rings is 1. The van der Waals surface area contributed by atoms with Crippen LogP contribution in [0.15, 0.2) is 65.6 Å². The number of nitrogens with zero attached hydrogens (tertiary/aromatic N) is 2. The van der Waals surface area contributed by atoms with Crippen LogP contribution in [-0.2, 0) is 7.05 Å². The molecular formula is C21H22N2O3. The Morgan fingerprint density at radius 3 is 2.50 bits per heavy atom. The van der Waals surface area contributed by atoms with Gasteiger partial charge in [-0.25, -0.2) is 0 Å². The van der Waals surface area contributed by atoms with Crippen molar-refractivity contribution in [1.29, 1.82) is 0 Å². The molecule has 1 aromatic heterocycles.